The minimum atomic E-state index is -3.15. The van der Waals surface area contributed by atoms with E-state index in [0.717, 1.165) is 32.2 Å². The summed E-state index contributed by atoms with van der Waals surface area (Å²) in [6.45, 7) is 10.7. The quantitative estimate of drug-likeness (QED) is 0.555. The summed E-state index contributed by atoms with van der Waals surface area (Å²) in [4.78, 5) is 5.76. The van der Waals surface area contributed by atoms with Crippen LogP contribution in [0.2, 0.25) is 0 Å². The number of nitrogens with one attached hydrogen (secondary N) is 2. The van der Waals surface area contributed by atoms with Crippen LogP contribution < -0.4 is 10.0 Å². The van der Waals surface area contributed by atoms with Crippen molar-refractivity contribution in [2.45, 2.75) is 128 Å². The van der Waals surface area contributed by atoms with Gasteiger partial charge in [-0.25, -0.2) is 13.1 Å². The van der Waals surface area contributed by atoms with Gasteiger partial charge in [-0.3, -0.25) is 4.99 Å². The van der Waals surface area contributed by atoms with E-state index in [0.29, 0.717) is 41.7 Å². The van der Waals surface area contributed by atoms with Gasteiger partial charge in [0.15, 0.2) is 0 Å². The van der Waals surface area contributed by atoms with Gasteiger partial charge in [0.1, 0.15) is 0 Å². The predicted octanol–water partition coefficient (Wildman–Crippen LogP) is 4.69. The molecule has 3 heterocycles. The molecule has 7 heteroatoms. The van der Waals surface area contributed by atoms with Crippen molar-refractivity contribution < 1.29 is 13.2 Å². The molecule has 6 nitrogen and oxygen atoms in total. The van der Waals surface area contributed by atoms with Crippen LogP contribution in [0.1, 0.15) is 98.3 Å². The number of hydrogen-bond acceptors (Lipinski definition) is 5. The third-order valence-corrected chi connectivity index (χ3v) is 12.8. The van der Waals surface area contributed by atoms with E-state index in [1.807, 2.05) is 0 Å². The molecule has 0 amide bonds. The second-order valence-corrected chi connectivity index (χ2v) is 16.0. The summed E-state index contributed by atoms with van der Waals surface area (Å²) in [6.07, 6.45) is 14.3. The summed E-state index contributed by atoms with van der Waals surface area (Å²) >= 11 is 0. The molecule has 2 spiro atoms. The first kappa shape index (κ1) is 25.8. The van der Waals surface area contributed by atoms with E-state index in [1.165, 1.54) is 56.9 Å². The van der Waals surface area contributed by atoms with E-state index in [-0.39, 0.29) is 22.6 Å². The molecule has 3 aliphatic heterocycles. The molecule has 0 radical (unpaired) electrons. The molecule has 6 aliphatic rings. The Balaban J connectivity index is 1.26. The summed E-state index contributed by atoms with van der Waals surface area (Å²) in [5, 5.41) is 3.84. The van der Waals surface area contributed by atoms with Gasteiger partial charge in [0, 0.05) is 30.1 Å². The van der Waals surface area contributed by atoms with Crippen molar-refractivity contribution in [1.29, 1.82) is 0 Å². The maximum atomic E-state index is 11.9. The lowest BCUT2D eigenvalue weighted by atomic mass is 9.49. The molecule has 2 N–H and O–H groups in total. The molecule has 5 fully saturated rings. The van der Waals surface area contributed by atoms with E-state index < -0.39 is 10.0 Å². The average Bonchev–Trinajstić information content (AvgIpc) is 3.26. The maximum absolute atomic E-state index is 11.9. The number of nitrogens with zero attached hydrogens (tertiary/aromatic N) is 1. The van der Waals surface area contributed by atoms with Crippen molar-refractivity contribution in [2.24, 2.45) is 40.0 Å². The van der Waals surface area contributed by atoms with Gasteiger partial charge in [0.25, 0.3) is 0 Å². The van der Waals surface area contributed by atoms with E-state index in [9.17, 15) is 8.42 Å². The lowest BCUT2D eigenvalue weighted by Crippen LogP contribution is -2.57. The van der Waals surface area contributed by atoms with Crippen molar-refractivity contribution in [2.75, 3.05) is 12.8 Å². The van der Waals surface area contributed by atoms with E-state index in [1.54, 1.807) is 0 Å². The molecule has 3 saturated carbocycles. The Labute approximate surface area is 219 Å². The molecule has 0 aromatic rings. The number of fused-ring (bicyclic) bond motifs is 3. The summed E-state index contributed by atoms with van der Waals surface area (Å²) < 4.78 is 33.8. The number of piperidine rings is 1. The Bertz CT molecular complexity index is 1020. The highest BCUT2D eigenvalue weighted by Crippen LogP contribution is 2.66. The average molecular weight is 520 g/mol. The van der Waals surface area contributed by atoms with Crippen LogP contribution in [-0.2, 0) is 14.8 Å². The second-order valence-electron chi connectivity index (χ2n) is 14.3. The normalized spacial score (nSPS) is 53.0. The monoisotopic (exact) mass is 519 g/mol. The number of hydrogen-bond donors (Lipinski definition) is 2. The van der Waals surface area contributed by atoms with Crippen LogP contribution >= 0.6 is 0 Å². The molecule has 0 aromatic carbocycles. The molecule has 11 unspecified atom stereocenters. The first-order valence-corrected chi connectivity index (χ1v) is 16.8. The van der Waals surface area contributed by atoms with Gasteiger partial charge >= 0.3 is 0 Å². The zero-order valence-corrected chi connectivity index (χ0v) is 24.0. The smallest absolute Gasteiger partial charge is 0.208 e. The molecule has 11 atom stereocenters. The summed E-state index contributed by atoms with van der Waals surface area (Å²) in [7, 11) is -3.15. The SMILES string of the molecule is CC1=NC23CCC4CC(NS(C)(=O)=O)CCC4(C)C2CCC3CCC2(C1)OC1CC(C)CNC1C2C. The van der Waals surface area contributed by atoms with Crippen molar-refractivity contribution in [1.82, 2.24) is 10.0 Å². The van der Waals surface area contributed by atoms with Crippen molar-refractivity contribution in [3.63, 3.8) is 0 Å². The van der Waals surface area contributed by atoms with Crippen LogP contribution in [0.15, 0.2) is 4.99 Å². The largest absolute Gasteiger partial charge is 0.369 e. The molecule has 0 aromatic heterocycles. The Morgan fingerprint density at radius 1 is 1.03 bits per heavy atom. The topological polar surface area (TPSA) is 79.8 Å². The van der Waals surface area contributed by atoms with Crippen LogP contribution in [0.5, 0.6) is 0 Å². The number of aliphatic imine (C=N–C) groups is 1. The first-order chi connectivity index (χ1) is 16.9. The third-order valence-electron chi connectivity index (χ3n) is 12.1. The molecule has 2 saturated heterocycles. The molecule has 3 aliphatic carbocycles. The minimum Gasteiger partial charge on any atom is -0.369 e. The van der Waals surface area contributed by atoms with Crippen LogP contribution in [0, 0.1) is 35.0 Å². The number of sulfonamides is 1. The van der Waals surface area contributed by atoms with E-state index in [2.05, 4.69) is 37.7 Å². The van der Waals surface area contributed by atoms with Crippen LogP contribution in [0.25, 0.3) is 0 Å². The maximum Gasteiger partial charge on any atom is 0.208 e. The predicted molar refractivity (Wildman–Crippen MR) is 145 cm³/mol. The molecular formula is C29H49N3O3S. The molecule has 204 valence electrons. The zero-order chi connectivity index (χ0) is 25.5. The van der Waals surface area contributed by atoms with Crippen LogP contribution in [0.3, 0.4) is 0 Å². The Morgan fingerprint density at radius 3 is 2.58 bits per heavy atom. The number of ether oxygens (including phenoxy) is 1. The second kappa shape index (κ2) is 8.76. The zero-order valence-electron chi connectivity index (χ0n) is 23.2. The van der Waals surface area contributed by atoms with Gasteiger partial charge < -0.3 is 10.1 Å². The van der Waals surface area contributed by atoms with Crippen LogP contribution in [-0.4, -0.2) is 56.3 Å². The summed E-state index contributed by atoms with van der Waals surface area (Å²) in [5.74, 6) is 3.10. The van der Waals surface area contributed by atoms with Gasteiger partial charge in [-0.1, -0.05) is 20.8 Å². The van der Waals surface area contributed by atoms with Gasteiger partial charge in [-0.05, 0) is 107 Å². The molecule has 0 bridgehead atoms. The fourth-order valence-corrected chi connectivity index (χ4v) is 11.3. The fraction of sp³-hybridized carbons (Fsp3) is 0.966. The summed E-state index contributed by atoms with van der Waals surface area (Å²) in [5.41, 5.74) is 1.63. The molecule has 36 heavy (non-hydrogen) atoms. The standard InChI is InChI=1S/C29H49N3O3S/c1-18-14-24-26(30-17-18)20(3)28(35-24)12-8-21-6-7-25-27(4)11-10-23(32-36(5,33)34)15-22(27)9-13-29(21,25)31-19(2)16-28/h18,20-26,30,32H,6-17H2,1-5H3. The van der Waals surface area contributed by atoms with Crippen molar-refractivity contribution >= 4 is 15.7 Å². The number of rotatable bonds is 2. The Hall–Kier alpha value is -0.500. The van der Waals surface area contributed by atoms with Gasteiger partial charge in [-0.2, -0.15) is 0 Å². The highest BCUT2D eigenvalue weighted by atomic mass is 32.2. The van der Waals surface area contributed by atoms with Gasteiger partial charge in [-0.15, -0.1) is 0 Å². The lowest BCUT2D eigenvalue weighted by molar-refractivity contribution is -0.0791. The van der Waals surface area contributed by atoms with E-state index >= 15 is 0 Å². The highest BCUT2D eigenvalue weighted by Gasteiger charge is 2.63. The lowest BCUT2D eigenvalue weighted by Gasteiger charge is -2.58. The Kier molecular flexibility index (Phi) is 6.26. The third kappa shape index (κ3) is 4.05. The van der Waals surface area contributed by atoms with Crippen LogP contribution in [0.4, 0.5) is 0 Å². The van der Waals surface area contributed by atoms with Crippen molar-refractivity contribution in [3.8, 4) is 0 Å². The highest BCUT2D eigenvalue weighted by molar-refractivity contribution is 7.88. The Morgan fingerprint density at radius 2 is 1.81 bits per heavy atom. The molecule has 6 rings (SSSR count). The minimum absolute atomic E-state index is 0.0594. The van der Waals surface area contributed by atoms with Crippen molar-refractivity contribution in [3.05, 3.63) is 0 Å². The fourth-order valence-electron chi connectivity index (χ4n) is 10.5. The van der Waals surface area contributed by atoms with Gasteiger partial charge in [0.05, 0.1) is 23.5 Å². The van der Waals surface area contributed by atoms with E-state index in [4.69, 9.17) is 9.73 Å². The van der Waals surface area contributed by atoms with Gasteiger partial charge in [0.2, 0.25) is 10.0 Å². The summed E-state index contributed by atoms with van der Waals surface area (Å²) in [6, 6.07) is 0.594. The first-order valence-electron chi connectivity index (χ1n) is 14.9. The molecular weight excluding hydrogens is 470 g/mol.